The van der Waals surface area contributed by atoms with Gasteiger partial charge >= 0.3 is 0 Å². The van der Waals surface area contributed by atoms with Crippen molar-refractivity contribution in [2.24, 2.45) is 0 Å². The number of hydrogen-bond donors (Lipinski definition) is 1. The minimum Gasteiger partial charge on any atom is -0.375 e. The Bertz CT molecular complexity index is 1120. The smallest absolute Gasteiger partial charge is 0.264 e. The molecule has 0 saturated carbocycles. The van der Waals surface area contributed by atoms with Crippen LogP contribution in [0.5, 0.6) is 0 Å². The monoisotopic (exact) mass is 405 g/mol. The van der Waals surface area contributed by atoms with Crippen LogP contribution < -0.4 is 4.90 Å². The highest BCUT2D eigenvalue weighted by Crippen LogP contribution is 2.44. The summed E-state index contributed by atoms with van der Waals surface area (Å²) in [4.78, 5) is 29.4. The van der Waals surface area contributed by atoms with Crippen LogP contribution in [0.15, 0.2) is 54.6 Å². The van der Waals surface area contributed by atoms with Crippen LogP contribution in [0.3, 0.4) is 0 Å². The second-order valence-corrected chi connectivity index (χ2v) is 9.00. The lowest BCUT2D eigenvalue weighted by molar-refractivity contribution is -0.136. The third kappa shape index (κ3) is 3.41. The number of aliphatic hydroxyl groups is 1. The van der Waals surface area contributed by atoms with Crippen LogP contribution in [-0.2, 0) is 16.9 Å². The van der Waals surface area contributed by atoms with Gasteiger partial charge in [0.05, 0.1) is 23.5 Å². The summed E-state index contributed by atoms with van der Waals surface area (Å²) in [5, 5.41) is 11.4. The standard InChI is InChI=1S/C24H23NO3S/c1-15-8-9-16(2)18(12-15)14-25-20-7-5-4-6-19(20)24(28,23(25)27)13-21(26)22-11-10-17(3)29-22/h4-12,28H,13-14H2,1-3H3/t24-/m0/s1. The van der Waals surface area contributed by atoms with Crippen molar-refractivity contribution >= 4 is 28.7 Å². The molecular weight excluding hydrogens is 382 g/mol. The number of fused-ring (bicyclic) bond motifs is 1. The highest BCUT2D eigenvalue weighted by atomic mass is 32.1. The maximum absolute atomic E-state index is 13.4. The molecule has 0 radical (unpaired) electrons. The molecule has 0 aliphatic carbocycles. The van der Waals surface area contributed by atoms with Gasteiger partial charge in [-0.2, -0.15) is 0 Å². The molecule has 4 rings (SSSR count). The van der Waals surface area contributed by atoms with Crippen molar-refractivity contribution in [1.29, 1.82) is 0 Å². The van der Waals surface area contributed by atoms with Gasteiger partial charge in [-0.05, 0) is 50.1 Å². The molecule has 0 unspecified atom stereocenters. The molecule has 1 N–H and O–H groups in total. The summed E-state index contributed by atoms with van der Waals surface area (Å²) in [5.41, 5.74) is 2.54. The minimum absolute atomic E-state index is 0.220. The first-order valence-electron chi connectivity index (χ1n) is 9.59. The number of nitrogens with zero attached hydrogens (tertiary/aromatic N) is 1. The predicted molar refractivity (Wildman–Crippen MR) is 115 cm³/mol. The van der Waals surface area contributed by atoms with Gasteiger partial charge in [-0.15, -0.1) is 11.3 Å². The zero-order valence-electron chi connectivity index (χ0n) is 16.7. The van der Waals surface area contributed by atoms with E-state index in [-0.39, 0.29) is 12.2 Å². The second kappa shape index (κ2) is 7.25. The summed E-state index contributed by atoms with van der Waals surface area (Å²) in [6, 6.07) is 17.0. The summed E-state index contributed by atoms with van der Waals surface area (Å²) >= 11 is 1.38. The minimum atomic E-state index is -1.84. The molecule has 1 amide bonds. The van der Waals surface area contributed by atoms with E-state index in [0.717, 1.165) is 21.6 Å². The van der Waals surface area contributed by atoms with Crippen molar-refractivity contribution in [3.63, 3.8) is 0 Å². The third-order valence-electron chi connectivity index (χ3n) is 5.50. The molecule has 2 heterocycles. The first-order valence-corrected chi connectivity index (χ1v) is 10.4. The molecular formula is C24H23NO3S. The number of benzene rings is 2. The van der Waals surface area contributed by atoms with Crippen molar-refractivity contribution in [1.82, 2.24) is 0 Å². The summed E-state index contributed by atoms with van der Waals surface area (Å²) in [6.07, 6.45) is -0.258. The molecule has 4 nitrogen and oxygen atoms in total. The fourth-order valence-corrected chi connectivity index (χ4v) is 4.68. The molecule has 1 atom stereocenters. The van der Waals surface area contributed by atoms with Gasteiger partial charge in [-0.25, -0.2) is 0 Å². The Morgan fingerprint density at radius 2 is 1.83 bits per heavy atom. The second-order valence-electron chi connectivity index (χ2n) is 7.71. The van der Waals surface area contributed by atoms with Crippen LogP contribution in [0.25, 0.3) is 0 Å². The Labute approximate surface area is 174 Å². The van der Waals surface area contributed by atoms with E-state index in [1.54, 1.807) is 23.1 Å². The Balaban J connectivity index is 1.70. The topological polar surface area (TPSA) is 57.6 Å². The normalized spacial score (nSPS) is 18.2. The number of carbonyl (C=O) groups is 2. The third-order valence-corrected chi connectivity index (χ3v) is 6.55. The van der Waals surface area contributed by atoms with Gasteiger partial charge in [-0.3, -0.25) is 9.59 Å². The fourth-order valence-electron chi connectivity index (χ4n) is 3.88. The number of carbonyl (C=O) groups excluding carboxylic acids is 2. The van der Waals surface area contributed by atoms with Crippen LogP contribution in [0.1, 0.15) is 43.2 Å². The molecule has 5 heteroatoms. The number of anilines is 1. The van der Waals surface area contributed by atoms with E-state index in [4.69, 9.17) is 0 Å². The Kier molecular flexibility index (Phi) is 4.89. The number of aryl methyl sites for hydroxylation is 3. The average molecular weight is 406 g/mol. The molecule has 0 bridgehead atoms. The van der Waals surface area contributed by atoms with E-state index in [9.17, 15) is 14.7 Å². The van der Waals surface area contributed by atoms with Gasteiger partial charge in [0.2, 0.25) is 0 Å². The molecule has 0 saturated heterocycles. The van der Waals surface area contributed by atoms with E-state index in [0.29, 0.717) is 22.7 Å². The van der Waals surface area contributed by atoms with E-state index in [1.807, 2.05) is 51.1 Å². The predicted octanol–water partition coefficient (Wildman–Crippen LogP) is 4.68. The largest absolute Gasteiger partial charge is 0.375 e. The molecule has 1 aliphatic heterocycles. The van der Waals surface area contributed by atoms with Gasteiger partial charge in [0.25, 0.3) is 5.91 Å². The number of rotatable bonds is 5. The number of Topliss-reactive ketones (excluding diaryl/α,β-unsaturated/α-hetero) is 1. The Hall–Kier alpha value is -2.76. The van der Waals surface area contributed by atoms with Crippen molar-refractivity contribution in [2.75, 3.05) is 4.90 Å². The summed E-state index contributed by atoms with van der Waals surface area (Å²) in [6.45, 7) is 6.31. The molecule has 1 aromatic heterocycles. The first kappa shape index (κ1) is 19.6. The van der Waals surface area contributed by atoms with Crippen molar-refractivity contribution < 1.29 is 14.7 Å². The van der Waals surface area contributed by atoms with E-state index >= 15 is 0 Å². The zero-order chi connectivity index (χ0) is 20.8. The van der Waals surface area contributed by atoms with Gasteiger partial charge in [-0.1, -0.05) is 42.0 Å². The van der Waals surface area contributed by atoms with Gasteiger partial charge in [0.1, 0.15) is 0 Å². The van der Waals surface area contributed by atoms with E-state index in [2.05, 4.69) is 6.07 Å². The number of thiophene rings is 1. The first-order chi connectivity index (χ1) is 13.8. The molecule has 0 spiro atoms. The summed E-state index contributed by atoms with van der Waals surface area (Å²) in [7, 11) is 0. The summed E-state index contributed by atoms with van der Waals surface area (Å²) in [5.74, 6) is -0.663. The molecule has 0 fully saturated rings. The van der Waals surface area contributed by atoms with Crippen molar-refractivity contribution in [3.05, 3.63) is 86.6 Å². The lowest BCUT2D eigenvalue weighted by Crippen LogP contribution is -2.41. The van der Waals surface area contributed by atoms with Crippen LogP contribution in [0, 0.1) is 20.8 Å². The Morgan fingerprint density at radius 1 is 1.07 bits per heavy atom. The number of para-hydroxylation sites is 1. The molecule has 29 heavy (non-hydrogen) atoms. The average Bonchev–Trinajstić information content (AvgIpc) is 3.21. The quantitative estimate of drug-likeness (QED) is 0.627. The van der Waals surface area contributed by atoms with Crippen LogP contribution in [0.4, 0.5) is 5.69 Å². The fraction of sp³-hybridized carbons (Fsp3) is 0.250. The molecule has 2 aromatic carbocycles. The SMILES string of the molecule is Cc1ccc(C)c(CN2C(=O)[C@](O)(CC(=O)c3ccc(C)s3)c3ccccc32)c1. The van der Waals surface area contributed by atoms with E-state index in [1.165, 1.54) is 11.3 Å². The van der Waals surface area contributed by atoms with Gasteiger partial charge in [0.15, 0.2) is 11.4 Å². The highest BCUT2D eigenvalue weighted by Gasteiger charge is 2.50. The number of ketones is 1. The molecule has 1 aliphatic rings. The van der Waals surface area contributed by atoms with Crippen LogP contribution in [-0.4, -0.2) is 16.8 Å². The van der Waals surface area contributed by atoms with Crippen molar-refractivity contribution in [3.8, 4) is 0 Å². The van der Waals surface area contributed by atoms with Gasteiger partial charge < -0.3 is 10.0 Å². The van der Waals surface area contributed by atoms with E-state index < -0.39 is 11.5 Å². The lowest BCUT2D eigenvalue weighted by atomic mass is 9.89. The maximum atomic E-state index is 13.4. The zero-order valence-corrected chi connectivity index (χ0v) is 17.5. The highest BCUT2D eigenvalue weighted by molar-refractivity contribution is 7.14. The van der Waals surface area contributed by atoms with Crippen molar-refractivity contribution in [2.45, 2.75) is 39.3 Å². The number of amides is 1. The number of hydrogen-bond acceptors (Lipinski definition) is 4. The van der Waals surface area contributed by atoms with Gasteiger partial charge in [0, 0.05) is 10.4 Å². The molecule has 3 aromatic rings. The lowest BCUT2D eigenvalue weighted by Gasteiger charge is -2.23. The van der Waals surface area contributed by atoms with Crippen LogP contribution in [0.2, 0.25) is 0 Å². The Morgan fingerprint density at radius 3 is 2.55 bits per heavy atom. The summed E-state index contributed by atoms with van der Waals surface area (Å²) < 4.78 is 0. The molecule has 148 valence electrons. The maximum Gasteiger partial charge on any atom is 0.264 e. The van der Waals surface area contributed by atoms with Crippen LogP contribution >= 0.6 is 11.3 Å².